The number of likely N-dealkylation sites (N-methyl/N-ethyl adjacent to an activating group) is 1. The molecule has 0 radical (unpaired) electrons. The van der Waals surface area contributed by atoms with Crippen molar-refractivity contribution in [3.05, 3.63) is 10.8 Å². The Morgan fingerprint density at radius 1 is 1.50 bits per heavy atom. The largest absolute Gasteiger partial charge is 0.374 e. The summed E-state index contributed by atoms with van der Waals surface area (Å²) in [7, 11) is 3.94. The molecule has 2 rings (SSSR count). The number of halogens is 1. The van der Waals surface area contributed by atoms with Gasteiger partial charge < -0.3 is 20.3 Å². The minimum absolute atomic E-state index is 0.198. The number of rotatable bonds is 4. The van der Waals surface area contributed by atoms with Gasteiger partial charge in [0.15, 0.2) is 0 Å². The van der Waals surface area contributed by atoms with Crippen LogP contribution in [-0.4, -0.2) is 61.3 Å². The quantitative estimate of drug-likeness (QED) is 0.865. The number of hydrogen-bond donors (Lipinski definition) is 2. The smallest absolute Gasteiger partial charge is 0.146 e. The van der Waals surface area contributed by atoms with Crippen LogP contribution in [0.15, 0.2) is 10.8 Å². The van der Waals surface area contributed by atoms with E-state index in [1.165, 1.54) is 6.33 Å². The van der Waals surface area contributed by atoms with Crippen LogP contribution in [0.5, 0.6) is 0 Å². The summed E-state index contributed by atoms with van der Waals surface area (Å²) in [5, 5.41) is 6.29. The van der Waals surface area contributed by atoms with Crippen molar-refractivity contribution in [3.8, 4) is 0 Å². The molecule has 2 N–H and O–H groups in total. The number of nitrogens with zero attached hydrogens (tertiary/aromatic N) is 3. The van der Waals surface area contributed by atoms with E-state index >= 15 is 0 Å². The number of hydrogen-bond acceptors (Lipinski definition) is 6. The van der Waals surface area contributed by atoms with Gasteiger partial charge in [0.1, 0.15) is 22.4 Å². The Balaban J connectivity index is 1.93. The Hall–Kier alpha value is -0.920. The Bertz CT molecular complexity index is 403. The van der Waals surface area contributed by atoms with Gasteiger partial charge in [0.2, 0.25) is 0 Å². The van der Waals surface area contributed by atoms with E-state index in [4.69, 9.17) is 4.74 Å². The predicted octanol–water partition coefficient (Wildman–Crippen LogP) is 1.02. The Morgan fingerprint density at radius 3 is 3.00 bits per heavy atom. The van der Waals surface area contributed by atoms with Gasteiger partial charge in [0.25, 0.3) is 0 Å². The maximum atomic E-state index is 5.69. The fourth-order valence-corrected chi connectivity index (χ4v) is 2.41. The summed E-state index contributed by atoms with van der Waals surface area (Å²) in [6.45, 7) is 3.46. The van der Waals surface area contributed by atoms with Gasteiger partial charge in [-0.25, -0.2) is 9.97 Å². The van der Waals surface area contributed by atoms with E-state index in [-0.39, 0.29) is 6.10 Å². The van der Waals surface area contributed by atoms with Crippen LogP contribution in [0.1, 0.15) is 0 Å². The van der Waals surface area contributed by atoms with Crippen molar-refractivity contribution in [3.63, 3.8) is 0 Å². The molecule has 0 aliphatic carbocycles. The average molecular weight is 316 g/mol. The zero-order chi connectivity index (χ0) is 13.0. The minimum Gasteiger partial charge on any atom is -0.374 e. The van der Waals surface area contributed by atoms with Crippen LogP contribution in [0.3, 0.4) is 0 Å². The van der Waals surface area contributed by atoms with Crippen LogP contribution in [0.25, 0.3) is 0 Å². The van der Waals surface area contributed by atoms with E-state index < -0.39 is 0 Å². The molecular weight excluding hydrogens is 298 g/mol. The van der Waals surface area contributed by atoms with Gasteiger partial charge >= 0.3 is 0 Å². The van der Waals surface area contributed by atoms with Crippen molar-refractivity contribution in [1.82, 2.24) is 14.9 Å². The van der Waals surface area contributed by atoms with Crippen LogP contribution in [-0.2, 0) is 4.74 Å². The number of nitrogens with one attached hydrogen (secondary N) is 2. The van der Waals surface area contributed by atoms with Crippen LogP contribution in [0.4, 0.5) is 11.6 Å². The Morgan fingerprint density at radius 2 is 2.28 bits per heavy atom. The maximum absolute atomic E-state index is 5.69. The third kappa shape index (κ3) is 3.30. The molecule has 1 aliphatic rings. The second-order valence-corrected chi connectivity index (χ2v) is 5.06. The normalized spacial score (nSPS) is 20.7. The molecule has 0 bridgehead atoms. The third-order valence-corrected chi connectivity index (χ3v) is 3.62. The van der Waals surface area contributed by atoms with Crippen molar-refractivity contribution in [1.29, 1.82) is 0 Å². The van der Waals surface area contributed by atoms with Crippen molar-refractivity contribution in [2.75, 3.05) is 51.0 Å². The molecule has 0 spiro atoms. The summed E-state index contributed by atoms with van der Waals surface area (Å²) in [5.74, 6) is 1.56. The molecule has 1 saturated heterocycles. The highest BCUT2D eigenvalue weighted by Gasteiger charge is 2.18. The molecule has 18 heavy (non-hydrogen) atoms. The van der Waals surface area contributed by atoms with E-state index in [0.717, 1.165) is 42.3 Å². The van der Waals surface area contributed by atoms with Crippen molar-refractivity contribution < 1.29 is 4.74 Å². The lowest BCUT2D eigenvalue weighted by atomic mass is 10.3. The monoisotopic (exact) mass is 315 g/mol. The summed E-state index contributed by atoms with van der Waals surface area (Å²) >= 11 is 3.48. The molecule has 1 aromatic heterocycles. The first kappa shape index (κ1) is 13.5. The number of ether oxygens (including phenoxy) is 1. The SMILES string of the molecule is CNc1ncnc(NCC2CN(C)CCO2)c1Br. The number of aromatic nitrogens is 2. The van der Waals surface area contributed by atoms with Crippen LogP contribution < -0.4 is 10.6 Å². The summed E-state index contributed by atoms with van der Waals surface area (Å²) in [5.41, 5.74) is 0. The van der Waals surface area contributed by atoms with Gasteiger partial charge in [-0.1, -0.05) is 0 Å². The third-order valence-electron chi connectivity index (χ3n) is 2.87. The second kappa shape index (κ2) is 6.31. The van der Waals surface area contributed by atoms with Gasteiger partial charge in [-0.2, -0.15) is 0 Å². The second-order valence-electron chi connectivity index (χ2n) is 4.27. The molecule has 100 valence electrons. The molecular formula is C11H18BrN5O. The van der Waals surface area contributed by atoms with Crippen LogP contribution in [0, 0.1) is 0 Å². The molecule has 1 aromatic rings. The maximum Gasteiger partial charge on any atom is 0.146 e. The highest BCUT2D eigenvalue weighted by molar-refractivity contribution is 9.10. The van der Waals surface area contributed by atoms with Crippen molar-refractivity contribution in [2.24, 2.45) is 0 Å². The lowest BCUT2D eigenvalue weighted by Gasteiger charge is -2.30. The first-order valence-corrected chi connectivity index (χ1v) is 6.72. The average Bonchev–Trinajstić information content (AvgIpc) is 2.38. The zero-order valence-electron chi connectivity index (χ0n) is 10.6. The lowest BCUT2D eigenvalue weighted by Crippen LogP contribution is -2.43. The Kier molecular flexibility index (Phi) is 4.73. The van der Waals surface area contributed by atoms with Gasteiger partial charge in [-0.05, 0) is 23.0 Å². The molecule has 6 nitrogen and oxygen atoms in total. The fraction of sp³-hybridized carbons (Fsp3) is 0.636. The van der Waals surface area contributed by atoms with E-state index in [1.807, 2.05) is 7.05 Å². The van der Waals surface area contributed by atoms with Crippen molar-refractivity contribution >= 4 is 27.6 Å². The zero-order valence-corrected chi connectivity index (χ0v) is 12.2. The first-order valence-electron chi connectivity index (χ1n) is 5.93. The van der Waals surface area contributed by atoms with Crippen molar-refractivity contribution in [2.45, 2.75) is 6.10 Å². The summed E-state index contributed by atoms with van der Waals surface area (Å²) in [6, 6.07) is 0. The molecule has 0 aromatic carbocycles. The van der Waals surface area contributed by atoms with Gasteiger partial charge in [0, 0.05) is 26.7 Å². The molecule has 1 aliphatic heterocycles. The minimum atomic E-state index is 0.198. The molecule has 2 heterocycles. The highest BCUT2D eigenvalue weighted by Crippen LogP contribution is 2.25. The van der Waals surface area contributed by atoms with E-state index in [0.29, 0.717) is 0 Å². The highest BCUT2D eigenvalue weighted by atomic mass is 79.9. The number of morpholine rings is 1. The Labute approximate surface area is 115 Å². The van der Waals surface area contributed by atoms with Gasteiger partial charge in [-0.15, -0.1) is 0 Å². The van der Waals surface area contributed by atoms with E-state index in [1.54, 1.807) is 0 Å². The van der Waals surface area contributed by atoms with Crippen LogP contribution >= 0.6 is 15.9 Å². The predicted molar refractivity (Wildman–Crippen MR) is 75.0 cm³/mol. The lowest BCUT2D eigenvalue weighted by molar-refractivity contribution is -0.0117. The molecule has 7 heteroatoms. The number of anilines is 2. The molecule has 0 amide bonds. The van der Waals surface area contributed by atoms with E-state index in [2.05, 4.69) is 48.5 Å². The first-order chi connectivity index (χ1) is 8.70. The summed E-state index contributed by atoms with van der Waals surface area (Å²) in [6.07, 6.45) is 1.73. The van der Waals surface area contributed by atoms with Crippen LogP contribution in [0.2, 0.25) is 0 Å². The molecule has 1 atom stereocenters. The van der Waals surface area contributed by atoms with Gasteiger partial charge in [-0.3, -0.25) is 0 Å². The van der Waals surface area contributed by atoms with Gasteiger partial charge in [0.05, 0.1) is 12.7 Å². The van der Waals surface area contributed by atoms with E-state index in [9.17, 15) is 0 Å². The molecule has 0 saturated carbocycles. The molecule has 1 fully saturated rings. The fourth-order valence-electron chi connectivity index (χ4n) is 1.87. The summed E-state index contributed by atoms with van der Waals surface area (Å²) in [4.78, 5) is 10.6. The summed E-state index contributed by atoms with van der Waals surface area (Å²) < 4.78 is 6.53. The topological polar surface area (TPSA) is 62.3 Å². The standard InChI is InChI=1S/C11H18BrN5O/c1-13-10-9(12)11(16-7-15-10)14-5-8-6-17(2)3-4-18-8/h7-8H,3-6H2,1-2H3,(H2,13,14,15,16). The molecule has 1 unspecified atom stereocenters.